The van der Waals surface area contributed by atoms with Crippen LogP contribution in [-0.2, 0) is 4.79 Å². The largest absolute Gasteiger partial charge is 0.438 e. The number of pyridine rings is 1. The molecule has 1 aromatic carbocycles. The number of nitrogens with zero attached hydrogens (tertiary/aromatic N) is 5. The van der Waals surface area contributed by atoms with Crippen LogP contribution >= 0.6 is 11.3 Å². The zero-order valence-electron chi connectivity index (χ0n) is 20.0. The molecule has 1 atom stereocenters. The Hall–Kier alpha value is -4.84. The van der Waals surface area contributed by atoms with Gasteiger partial charge in [-0.2, -0.15) is 0 Å². The SMILES string of the molecule is C=CC(=O)N1CC[C@@H](NC(=O)c2sc3nccc4c3c2NC(=O)N4c2cnc(Oc3ccccc3)cn2)C1. The monoisotopic (exact) mass is 527 g/mol. The van der Waals surface area contributed by atoms with E-state index in [-0.39, 0.29) is 29.6 Å². The van der Waals surface area contributed by atoms with E-state index in [9.17, 15) is 14.4 Å². The van der Waals surface area contributed by atoms with Crippen LogP contribution in [0.4, 0.5) is 22.0 Å². The second kappa shape index (κ2) is 9.56. The molecule has 0 saturated carbocycles. The van der Waals surface area contributed by atoms with Gasteiger partial charge >= 0.3 is 6.03 Å². The first-order valence-electron chi connectivity index (χ1n) is 11.8. The molecule has 0 bridgehead atoms. The molecule has 4 aromatic rings. The maximum absolute atomic E-state index is 13.3. The molecule has 3 aromatic heterocycles. The molecule has 0 spiro atoms. The van der Waals surface area contributed by atoms with Gasteiger partial charge in [0.25, 0.3) is 5.91 Å². The number of nitrogens with one attached hydrogen (secondary N) is 2. The van der Waals surface area contributed by atoms with Gasteiger partial charge in [-0.25, -0.2) is 24.6 Å². The summed E-state index contributed by atoms with van der Waals surface area (Å²) >= 11 is 1.19. The number of thiophene rings is 1. The number of hydrogen-bond donors (Lipinski definition) is 2. The van der Waals surface area contributed by atoms with E-state index in [0.717, 1.165) is 0 Å². The summed E-state index contributed by atoms with van der Waals surface area (Å²) in [6.45, 7) is 4.46. The number of urea groups is 1. The predicted molar refractivity (Wildman–Crippen MR) is 142 cm³/mol. The van der Waals surface area contributed by atoms with Crippen LogP contribution < -0.4 is 20.3 Å². The molecular formula is C26H21N7O4S. The summed E-state index contributed by atoms with van der Waals surface area (Å²) in [7, 11) is 0. The molecule has 0 unspecified atom stereocenters. The van der Waals surface area contributed by atoms with Crippen LogP contribution in [0.15, 0.2) is 67.6 Å². The van der Waals surface area contributed by atoms with Crippen LogP contribution in [0.3, 0.4) is 0 Å². The molecule has 11 nitrogen and oxygen atoms in total. The van der Waals surface area contributed by atoms with Crippen LogP contribution in [0.25, 0.3) is 10.2 Å². The Morgan fingerprint density at radius 1 is 1.16 bits per heavy atom. The molecular weight excluding hydrogens is 506 g/mol. The number of para-hydroxylation sites is 1. The van der Waals surface area contributed by atoms with Crippen molar-refractivity contribution in [2.75, 3.05) is 23.3 Å². The number of hydrogen-bond acceptors (Lipinski definition) is 8. The Morgan fingerprint density at radius 2 is 2.00 bits per heavy atom. The third-order valence-corrected chi connectivity index (χ3v) is 7.37. The first-order valence-corrected chi connectivity index (χ1v) is 12.6. The van der Waals surface area contributed by atoms with Gasteiger partial charge < -0.3 is 20.3 Å². The van der Waals surface area contributed by atoms with Gasteiger partial charge in [0.05, 0.1) is 29.2 Å². The van der Waals surface area contributed by atoms with Crippen molar-refractivity contribution in [3.8, 4) is 11.6 Å². The second-order valence-corrected chi connectivity index (χ2v) is 9.66. The van der Waals surface area contributed by atoms with Gasteiger partial charge in [-0.15, -0.1) is 11.3 Å². The van der Waals surface area contributed by atoms with Crippen molar-refractivity contribution < 1.29 is 19.1 Å². The first kappa shape index (κ1) is 23.6. The predicted octanol–water partition coefficient (Wildman–Crippen LogP) is 4.08. The summed E-state index contributed by atoms with van der Waals surface area (Å²) in [5, 5.41) is 6.46. The minimum Gasteiger partial charge on any atom is -0.438 e. The lowest BCUT2D eigenvalue weighted by atomic mass is 10.1. The number of anilines is 3. The van der Waals surface area contributed by atoms with Crippen molar-refractivity contribution in [3.63, 3.8) is 0 Å². The third kappa shape index (κ3) is 4.20. The number of aromatic nitrogens is 3. The first-order chi connectivity index (χ1) is 18.5. The molecule has 190 valence electrons. The molecule has 6 rings (SSSR count). The fraction of sp³-hybridized carbons (Fsp3) is 0.154. The van der Waals surface area contributed by atoms with Gasteiger partial charge in [-0.3, -0.25) is 9.59 Å². The van der Waals surface area contributed by atoms with Gasteiger partial charge in [0.1, 0.15) is 15.5 Å². The summed E-state index contributed by atoms with van der Waals surface area (Å²) < 4.78 is 5.70. The fourth-order valence-electron chi connectivity index (χ4n) is 4.52. The summed E-state index contributed by atoms with van der Waals surface area (Å²) in [5.74, 6) is 0.696. The molecule has 2 N–H and O–H groups in total. The minimum atomic E-state index is -0.480. The lowest BCUT2D eigenvalue weighted by molar-refractivity contribution is -0.125. The van der Waals surface area contributed by atoms with E-state index in [4.69, 9.17) is 4.74 Å². The quantitative estimate of drug-likeness (QED) is 0.362. The standard InChI is InChI=1S/C26H21N7O4S/c1-2-20(34)32-11-9-15(14-32)30-24(35)23-22-21-17(8-10-27-25(21)38-23)33(26(36)31-22)18-12-29-19(13-28-18)37-16-6-4-3-5-7-16/h2-8,10,12-13,15H,1,9,11,14H2,(H,30,35)(H,31,36)/t15-/m1/s1. The summed E-state index contributed by atoms with van der Waals surface area (Å²) in [5.41, 5.74) is 0.944. The van der Waals surface area contributed by atoms with E-state index in [1.807, 2.05) is 18.2 Å². The number of rotatable bonds is 6. The van der Waals surface area contributed by atoms with E-state index in [1.165, 1.54) is 34.7 Å². The number of carbonyl (C=O) groups is 3. The Labute approximate surface area is 220 Å². The van der Waals surface area contributed by atoms with Gasteiger partial charge in [-0.05, 0) is 30.7 Å². The normalized spacial score (nSPS) is 16.3. The van der Waals surface area contributed by atoms with Crippen LogP contribution in [0.2, 0.25) is 0 Å². The number of benzene rings is 1. The van der Waals surface area contributed by atoms with E-state index >= 15 is 0 Å². The average molecular weight is 528 g/mol. The third-order valence-electron chi connectivity index (χ3n) is 6.27. The molecule has 2 aliphatic heterocycles. The topological polar surface area (TPSA) is 130 Å². The Balaban J connectivity index is 1.27. The van der Waals surface area contributed by atoms with Crippen LogP contribution in [-0.4, -0.2) is 56.8 Å². The molecule has 1 saturated heterocycles. The molecule has 1 fully saturated rings. The van der Waals surface area contributed by atoms with E-state index in [1.54, 1.807) is 29.3 Å². The summed E-state index contributed by atoms with van der Waals surface area (Å²) in [6, 6.07) is 10.2. The molecule has 0 radical (unpaired) electrons. The second-order valence-electron chi connectivity index (χ2n) is 8.66. The smallest absolute Gasteiger partial charge is 0.332 e. The van der Waals surface area contributed by atoms with Crippen LogP contribution in [0.5, 0.6) is 11.6 Å². The zero-order chi connectivity index (χ0) is 26.2. The van der Waals surface area contributed by atoms with Gasteiger partial charge in [0, 0.05) is 25.3 Å². The molecule has 12 heteroatoms. The van der Waals surface area contributed by atoms with E-state index in [2.05, 4.69) is 32.2 Å². The molecule has 4 amide bonds. The maximum atomic E-state index is 13.3. The van der Waals surface area contributed by atoms with Crippen molar-refractivity contribution in [1.82, 2.24) is 25.2 Å². The minimum absolute atomic E-state index is 0.164. The fourth-order valence-corrected chi connectivity index (χ4v) is 5.54. The van der Waals surface area contributed by atoms with Crippen molar-refractivity contribution >= 4 is 56.6 Å². The Kier molecular flexibility index (Phi) is 5.92. The molecule has 38 heavy (non-hydrogen) atoms. The Morgan fingerprint density at radius 3 is 2.76 bits per heavy atom. The highest BCUT2D eigenvalue weighted by atomic mass is 32.1. The molecule has 5 heterocycles. The average Bonchev–Trinajstić information content (AvgIpc) is 3.55. The lowest BCUT2D eigenvalue weighted by Crippen LogP contribution is -2.39. The van der Waals surface area contributed by atoms with E-state index < -0.39 is 6.03 Å². The zero-order valence-corrected chi connectivity index (χ0v) is 20.8. The number of likely N-dealkylation sites (tertiary alicyclic amines) is 1. The maximum Gasteiger partial charge on any atom is 0.332 e. The highest BCUT2D eigenvalue weighted by Gasteiger charge is 2.34. The summed E-state index contributed by atoms with van der Waals surface area (Å²) in [4.78, 5) is 55.4. The number of carbonyl (C=O) groups excluding carboxylic acids is 3. The van der Waals surface area contributed by atoms with Gasteiger partial charge in [-0.1, -0.05) is 24.8 Å². The number of ether oxygens (including phenoxy) is 1. The lowest BCUT2D eigenvalue weighted by Gasteiger charge is -2.27. The number of amides is 4. The summed E-state index contributed by atoms with van der Waals surface area (Å²) in [6.07, 6.45) is 6.38. The van der Waals surface area contributed by atoms with Crippen molar-refractivity contribution in [2.45, 2.75) is 12.5 Å². The van der Waals surface area contributed by atoms with Crippen LogP contribution in [0.1, 0.15) is 16.1 Å². The van der Waals surface area contributed by atoms with Gasteiger partial charge in [0.2, 0.25) is 11.8 Å². The van der Waals surface area contributed by atoms with Crippen molar-refractivity contribution in [2.24, 2.45) is 0 Å². The van der Waals surface area contributed by atoms with Crippen molar-refractivity contribution in [3.05, 3.63) is 72.5 Å². The Bertz CT molecular complexity index is 1570. The van der Waals surface area contributed by atoms with Crippen LogP contribution in [0, 0.1) is 0 Å². The van der Waals surface area contributed by atoms with E-state index in [0.29, 0.717) is 51.7 Å². The molecule has 0 aliphatic carbocycles. The highest BCUT2D eigenvalue weighted by molar-refractivity contribution is 7.21. The van der Waals surface area contributed by atoms with Crippen molar-refractivity contribution in [1.29, 1.82) is 0 Å². The van der Waals surface area contributed by atoms with Gasteiger partial charge in [0.15, 0.2) is 5.82 Å². The highest BCUT2D eigenvalue weighted by Crippen LogP contribution is 2.45. The molecule has 2 aliphatic rings.